The summed E-state index contributed by atoms with van der Waals surface area (Å²) in [5, 5.41) is 8.37. The van der Waals surface area contributed by atoms with E-state index in [1.165, 1.54) is 25.2 Å². The first-order valence-corrected chi connectivity index (χ1v) is 11.6. The van der Waals surface area contributed by atoms with Gasteiger partial charge in [0.1, 0.15) is 18.1 Å². The minimum Gasteiger partial charge on any atom is -0.496 e. The van der Waals surface area contributed by atoms with Crippen molar-refractivity contribution in [1.29, 1.82) is 0 Å². The summed E-state index contributed by atoms with van der Waals surface area (Å²) in [5.41, 5.74) is 2.59. The molecule has 0 N–H and O–H groups in total. The summed E-state index contributed by atoms with van der Waals surface area (Å²) in [5.74, 6) is 0.255. The first kappa shape index (κ1) is 17.4. The molecule has 0 fully saturated rings. The molecule has 1 aliphatic rings. The molecule has 7 nitrogen and oxygen atoms in total. The van der Waals surface area contributed by atoms with Crippen molar-refractivity contribution in [2.75, 3.05) is 27.7 Å². The molecule has 0 radical (unpaired) electrons. The summed E-state index contributed by atoms with van der Waals surface area (Å²) in [7, 11) is -1.19. The second-order valence-electron chi connectivity index (χ2n) is 8.91. The van der Waals surface area contributed by atoms with Crippen LogP contribution in [0.5, 0.6) is 11.5 Å². The van der Waals surface area contributed by atoms with Gasteiger partial charge in [0.25, 0.3) is 5.91 Å². The number of thiophene rings is 1. The first-order valence-electron chi connectivity index (χ1n) is 13.7. The lowest BCUT2D eigenvalue weighted by Gasteiger charge is -2.34. The van der Waals surface area contributed by atoms with Crippen LogP contribution in [0.4, 0.5) is 0 Å². The highest BCUT2D eigenvalue weighted by molar-refractivity contribution is 7.08. The zero-order chi connectivity index (χ0) is 29.6. The third kappa shape index (κ3) is 4.23. The van der Waals surface area contributed by atoms with Crippen molar-refractivity contribution in [3.05, 3.63) is 51.4 Å². The molecule has 180 valence electrons. The maximum Gasteiger partial charge on any atom is 0.275 e. The molecule has 2 aromatic heterocycles. The lowest BCUT2D eigenvalue weighted by atomic mass is 9.97. The Balaban J connectivity index is 1.92. The van der Waals surface area contributed by atoms with Crippen LogP contribution in [0.25, 0.3) is 23.0 Å². The van der Waals surface area contributed by atoms with Gasteiger partial charge in [-0.05, 0) is 45.2 Å². The number of nitrogens with zero attached hydrogens (tertiary/aromatic N) is 3. The number of hydrogen-bond acceptors (Lipinski definition) is 6. The number of likely N-dealkylation sites (N-methyl/N-ethyl adjacent to an activating group) is 1. The van der Waals surface area contributed by atoms with Gasteiger partial charge in [0.2, 0.25) is 0 Å². The summed E-state index contributed by atoms with van der Waals surface area (Å²) in [6, 6.07) is 5.52. The lowest BCUT2D eigenvalue weighted by Crippen LogP contribution is -2.48. The Kier molecular flexibility index (Phi) is 4.73. The van der Waals surface area contributed by atoms with Crippen LogP contribution in [0.1, 0.15) is 57.5 Å². The number of aromatic nitrogens is 2. The molecule has 34 heavy (non-hydrogen) atoms. The molecule has 8 heteroatoms. The molecule has 4 rings (SSSR count). The monoisotopic (exact) mass is 487 g/mol. The SMILES string of the molecule is [2H]C([2H])([2H])OCC(C)(C)N(C(=O)c1nn(-c2ccsc2)c2c1COc1cc(OC)c(C=C(C)C)cc1-2)C([2H])([2H])[2H]. The summed E-state index contributed by atoms with van der Waals surface area (Å²) < 4.78 is 64.8. The minimum atomic E-state index is -2.92. The van der Waals surface area contributed by atoms with Crippen molar-refractivity contribution in [3.63, 3.8) is 0 Å². The van der Waals surface area contributed by atoms with Crippen molar-refractivity contribution >= 4 is 23.3 Å². The molecule has 3 aromatic rings. The van der Waals surface area contributed by atoms with E-state index in [0.717, 1.165) is 11.1 Å². The third-order valence-corrected chi connectivity index (χ3v) is 6.24. The molecular weight excluding hydrogens is 450 g/mol. The average molecular weight is 488 g/mol. The zero-order valence-corrected chi connectivity index (χ0v) is 20.6. The van der Waals surface area contributed by atoms with Crippen LogP contribution in [-0.4, -0.2) is 53.9 Å². The van der Waals surface area contributed by atoms with Gasteiger partial charge in [-0.3, -0.25) is 4.79 Å². The van der Waals surface area contributed by atoms with E-state index in [4.69, 9.17) is 22.4 Å². The fraction of sp³-hybridized carbons (Fsp3) is 0.385. The molecule has 3 heterocycles. The molecule has 1 aromatic carbocycles. The predicted octanol–water partition coefficient (Wildman–Crippen LogP) is 5.42. The van der Waals surface area contributed by atoms with Crippen molar-refractivity contribution in [3.8, 4) is 28.4 Å². The smallest absolute Gasteiger partial charge is 0.275 e. The molecule has 1 aliphatic heterocycles. The number of carbonyl (C=O) groups excluding carboxylic acids is 1. The number of fused-ring (bicyclic) bond motifs is 3. The fourth-order valence-electron chi connectivity index (χ4n) is 3.86. The third-order valence-electron chi connectivity index (χ3n) is 5.57. The number of carbonyl (C=O) groups is 1. The number of benzene rings is 1. The Labute approximate surface area is 213 Å². The lowest BCUT2D eigenvalue weighted by molar-refractivity contribution is 0.0359. The van der Waals surface area contributed by atoms with E-state index in [1.807, 2.05) is 42.8 Å². The van der Waals surface area contributed by atoms with E-state index in [9.17, 15) is 4.79 Å². The fourth-order valence-corrected chi connectivity index (χ4v) is 4.47. The maximum absolute atomic E-state index is 14.1. The van der Waals surface area contributed by atoms with Crippen LogP contribution in [0.2, 0.25) is 0 Å². The molecular formula is C26H31N3O4S. The van der Waals surface area contributed by atoms with Gasteiger partial charge in [0.05, 0.1) is 34.7 Å². The van der Waals surface area contributed by atoms with Crippen LogP contribution < -0.4 is 9.47 Å². The zero-order valence-electron chi connectivity index (χ0n) is 25.8. The molecule has 0 saturated heterocycles. The van der Waals surface area contributed by atoms with Crippen LogP contribution in [0, 0.1) is 0 Å². The first-order chi connectivity index (χ1) is 18.5. The quantitative estimate of drug-likeness (QED) is 0.445. The van der Waals surface area contributed by atoms with Gasteiger partial charge < -0.3 is 19.1 Å². The largest absolute Gasteiger partial charge is 0.496 e. The van der Waals surface area contributed by atoms with Crippen LogP contribution >= 0.6 is 11.3 Å². The Hall–Kier alpha value is -3.10. The number of rotatable bonds is 7. The van der Waals surface area contributed by atoms with Crippen molar-refractivity contribution in [2.24, 2.45) is 0 Å². The standard InChI is InChI=1S/C26H31N3O4S/c1-16(2)10-17-11-19-22(12-21(17)32-7)33-13-20-23(25(30)28(5)26(3,4)15-31-6)27-29(24(19)20)18-8-9-34-14-18/h8-12,14H,13,15H2,1-7H3/i5D3,6D3. The van der Waals surface area contributed by atoms with Crippen molar-refractivity contribution in [2.45, 2.75) is 39.8 Å². The van der Waals surface area contributed by atoms with Gasteiger partial charge in [0.15, 0.2) is 5.69 Å². The van der Waals surface area contributed by atoms with Crippen molar-refractivity contribution < 1.29 is 27.2 Å². The number of hydrogen-bond donors (Lipinski definition) is 0. The van der Waals surface area contributed by atoms with Crippen molar-refractivity contribution in [1.82, 2.24) is 14.7 Å². The molecule has 0 spiro atoms. The number of allylic oxidation sites excluding steroid dienone is 1. The topological polar surface area (TPSA) is 65.8 Å². The normalized spacial score (nSPS) is 15.8. The van der Waals surface area contributed by atoms with E-state index in [2.05, 4.69) is 5.10 Å². The summed E-state index contributed by atoms with van der Waals surface area (Å²) in [4.78, 5) is 14.7. The Bertz CT molecular complexity index is 1440. The van der Waals surface area contributed by atoms with Gasteiger partial charge in [-0.1, -0.05) is 11.6 Å². The Morgan fingerprint density at radius 3 is 2.88 bits per heavy atom. The van der Waals surface area contributed by atoms with Crippen LogP contribution in [0.3, 0.4) is 0 Å². The molecule has 0 unspecified atom stereocenters. The number of ether oxygens (including phenoxy) is 3. The predicted molar refractivity (Wildman–Crippen MR) is 135 cm³/mol. The van der Waals surface area contributed by atoms with E-state index in [0.29, 0.717) is 38.9 Å². The van der Waals surface area contributed by atoms with E-state index in [-0.39, 0.29) is 12.3 Å². The summed E-state index contributed by atoms with van der Waals surface area (Å²) >= 11 is 1.45. The maximum atomic E-state index is 14.1. The second kappa shape index (κ2) is 9.27. The van der Waals surface area contributed by atoms with Gasteiger partial charge in [-0.15, -0.1) is 0 Å². The summed E-state index contributed by atoms with van der Waals surface area (Å²) in [6.45, 7) is 3.31. The molecule has 0 atom stereocenters. The second-order valence-corrected chi connectivity index (χ2v) is 9.69. The van der Waals surface area contributed by atoms with E-state index in [1.54, 1.807) is 17.9 Å². The minimum absolute atomic E-state index is 0.0419. The molecule has 0 saturated carbocycles. The van der Waals surface area contributed by atoms with Crippen LogP contribution in [0.15, 0.2) is 34.5 Å². The van der Waals surface area contributed by atoms with Crippen LogP contribution in [-0.2, 0) is 11.3 Å². The Morgan fingerprint density at radius 2 is 2.24 bits per heavy atom. The Morgan fingerprint density at radius 1 is 1.41 bits per heavy atom. The highest BCUT2D eigenvalue weighted by atomic mass is 32.1. The van der Waals surface area contributed by atoms with E-state index >= 15 is 0 Å². The van der Waals surface area contributed by atoms with Gasteiger partial charge in [-0.2, -0.15) is 16.4 Å². The average Bonchev–Trinajstić information content (AvgIpc) is 3.48. The molecule has 0 aliphatic carbocycles. The molecule has 0 bridgehead atoms. The highest BCUT2D eigenvalue weighted by Gasteiger charge is 2.36. The summed E-state index contributed by atoms with van der Waals surface area (Å²) in [6.07, 6.45) is 1.97. The molecule has 1 amide bonds. The highest BCUT2D eigenvalue weighted by Crippen LogP contribution is 2.44. The van der Waals surface area contributed by atoms with Gasteiger partial charge in [0, 0.05) is 46.3 Å². The number of methoxy groups -OCH3 is 2. The van der Waals surface area contributed by atoms with Gasteiger partial charge >= 0.3 is 0 Å². The van der Waals surface area contributed by atoms with E-state index < -0.39 is 32.1 Å². The number of amides is 1. The van der Waals surface area contributed by atoms with Gasteiger partial charge in [-0.25, -0.2) is 4.68 Å².